The predicted molar refractivity (Wildman–Crippen MR) is 73.7 cm³/mol. The monoisotopic (exact) mass is 286 g/mol. The maximum Gasteiger partial charge on any atom is 0.308 e. The number of amides is 1. The first-order valence-corrected chi connectivity index (χ1v) is 6.58. The Balaban J connectivity index is 1.80. The maximum atomic E-state index is 12.0. The van der Waals surface area contributed by atoms with Crippen LogP contribution < -0.4 is 4.90 Å². The van der Waals surface area contributed by atoms with Gasteiger partial charge in [-0.1, -0.05) is 12.1 Å². The second kappa shape index (κ2) is 5.35. The zero-order chi connectivity index (χ0) is 14.8. The average molecular weight is 286 g/mol. The predicted octanol–water partition coefficient (Wildman–Crippen LogP) is 0.764. The van der Waals surface area contributed by atoms with Gasteiger partial charge in [-0.15, -0.1) is 0 Å². The number of aliphatic carboxylic acids is 1. The van der Waals surface area contributed by atoms with Crippen molar-refractivity contribution in [1.82, 2.24) is 14.8 Å². The summed E-state index contributed by atoms with van der Waals surface area (Å²) in [7, 11) is 0. The molecule has 2 heterocycles. The molecule has 1 aromatic carbocycles. The molecule has 2 aromatic rings. The largest absolute Gasteiger partial charge is 0.481 e. The molecule has 3 rings (SSSR count). The van der Waals surface area contributed by atoms with Crippen LogP contribution in [0, 0.1) is 5.92 Å². The number of carbonyl (C=O) groups is 2. The van der Waals surface area contributed by atoms with Gasteiger partial charge in [0, 0.05) is 18.7 Å². The van der Waals surface area contributed by atoms with Gasteiger partial charge in [-0.25, -0.2) is 9.67 Å². The number of hydrogen-bond acceptors (Lipinski definition) is 4. The molecule has 1 aromatic heterocycles. The second-order valence-electron chi connectivity index (χ2n) is 5.01. The number of carboxylic acids is 1. The minimum Gasteiger partial charge on any atom is -0.481 e. The first-order valence-electron chi connectivity index (χ1n) is 6.58. The Morgan fingerprint density at radius 3 is 2.95 bits per heavy atom. The summed E-state index contributed by atoms with van der Waals surface area (Å²) in [6.45, 7) is 0.777. The van der Waals surface area contributed by atoms with Gasteiger partial charge >= 0.3 is 5.97 Å². The van der Waals surface area contributed by atoms with E-state index in [4.69, 9.17) is 5.11 Å². The van der Waals surface area contributed by atoms with E-state index in [0.717, 1.165) is 11.3 Å². The summed E-state index contributed by atoms with van der Waals surface area (Å²) in [5.41, 5.74) is 1.70. The lowest BCUT2D eigenvalue weighted by Gasteiger charge is -2.17. The molecule has 1 amide bonds. The van der Waals surface area contributed by atoms with Crippen molar-refractivity contribution in [2.45, 2.75) is 13.0 Å². The fourth-order valence-electron chi connectivity index (χ4n) is 2.45. The van der Waals surface area contributed by atoms with Crippen LogP contribution in [0.25, 0.3) is 0 Å². The Labute approximate surface area is 120 Å². The molecule has 1 aliphatic heterocycles. The number of aromatic nitrogens is 3. The fourth-order valence-corrected chi connectivity index (χ4v) is 2.45. The SMILES string of the molecule is O=C(O)C1CC(=O)N(c2cccc(Cn3cncn3)c2)C1. The van der Waals surface area contributed by atoms with Crippen LogP contribution in [0.3, 0.4) is 0 Å². The Morgan fingerprint density at radius 2 is 2.29 bits per heavy atom. The van der Waals surface area contributed by atoms with Crippen molar-refractivity contribution < 1.29 is 14.7 Å². The van der Waals surface area contributed by atoms with E-state index in [9.17, 15) is 9.59 Å². The molecule has 1 N–H and O–H groups in total. The topological polar surface area (TPSA) is 88.3 Å². The first kappa shape index (κ1) is 13.3. The highest BCUT2D eigenvalue weighted by molar-refractivity contribution is 5.99. The molecule has 0 aliphatic carbocycles. The molecule has 0 spiro atoms. The van der Waals surface area contributed by atoms with Crippen molar-refractivity contribution in [1.29, 1.82) is 0 Å². The van der Waals surface area contributed by atoms with Crippen molar-refractivity contribution >= 4 is 17.6 Å². The minimum atomic E-state index is -0.926. The van der Waals surface area contributed by atoms with Crippen LogP contribution in [-0.4, -0.2) is 38.3 Å². The van der Waals surface area contributed by atoms with Gasteiger partial charge in [0.15, 0.2) is 0 Å². The second-order valence-corrected chi connectivity index (χ2v) is 5.01. The third-order valence-corrected chi connectivity index (χ3v) is 3.51. The highest BCUT2D eigenvalue weighted by atomic mass is 16.4. The van der Waals surface area contributed by atoms with Gasteiger partial charge in [-0.05, 0) is 17.7 Å². The molecule has 7 nitrogen and oxygen atoms in total. The average Bonchev–Trinajstić information content (AvgIpc) is 3.08. The molecule has 0 radical (unpaired) electrons. The number of rotatable bonds is 4. The molecule has 0 saturated carbocycles. The number of nitrogens with zero attached hydrogens (tertiary/aromatic N) is 4. The molecular weight excluding hydrogens is 272 g/mol. The summed E-state index contributed by atoms with van der Waals surface area (Å²) in [4.78, 5) is 28.4. The molecule has 0 bridgehead atoms. The molecule has 108 valence electrons. The molecule has 1 atom stereocenters. The van der Waals surface area contributed by atoms with E-state index in [1.54, 1.807) is 11.0 Å². The van der Waals surface area contributed by atoms with E-state index in [1.807, 2.05) is 24.3 Å². The number of carbonyl (C=O) groups excluding carboxylic acids is 1. The van der Waals surface area contributed by atoms with Gasteiger partial charge in [-0.3, -0.25) is 9.59 Å². The van der Waals surface area contributed by atoms with E-state index in [0.29, 0.717) is 6.54 Å². The summed E-state index contributed by atoms with van der Waals surface area (Å²) < 4.78 is 1.69. The summed E-state index contributed by atoms with van der Waals surface area (Å²) in [5, 5.41) is 13.1. The normalized spacial score (nSPS) is 18.2. The van der Waals surface area contributed by atoms with Crippen LogP contribution in [0.15, 0.2) is 36.9 Å². The van der Waals surface area contributed by atoms with Gasteiger partial charge in [0.05, 0.1) is 12.5 Å². The Bertz CT molecular complexity index is 669. The number of benzene rings is 1. The van der Waals surface area contributed by atoms with E-state index < -0.39 is 11.9 Å². The summed E-state index contributed by atoms with van der Waals surface area (Å²) in [6.07, 6.45) is 3.14. The zero-order valence-electron chi connectivity index (χ0n) is 11.2. The standard InChI is InChI=1S/C14H14N4O3/c19-13-5-11(14(20)21)7-18(13)12-3-1-2-10(4-12)6-17-9-15-8-16-17/h1-4,8-9,11H,5-7H2,(H,20,21). The van der Waals surface area contributed by atoms with Gasteiger partial charge in [0.2, 0.25) is 5.91 Å². The van der Waals surface area contributed by atoms with Gasteiger partial charge in [-0.2, -0.15) is 5.10 Å². The lowest BCUT2D eigenvalue weighted by Crippen LogP contribution is -2.25. The van der Waals surface area contributed by atoms with Crippen molar-refractivity contribution in [2.24, 2.45) is 5.92 Å². The maximum absolute atomic E-state index is 12.0. The molecule has 21 heavy (non-hydrogen) atoms. The molecule has 7 heteroatoms. The molecule has 1 aliphatic rings. The first-order chi connectivity index (χ1) is 10.1. The van der Waals surface area contributed by atoms with Crippen LogP contribution >= 0.6 is 0 Å². The fraction of sp³-hybridized carbons (Fsp3) is 0.286. The van der Waals surface area contributed by atoms with Crippen molar-refractivity contribution in [2.75, 3.05) is 11.4 Å². The lowest BCUT2D eigenvalue weighted by molar-refractivity contribution is -0.141. The smallest absolute Gasteiger partial charge is 0.308 e. The Morgan fingerprint density at radius 1 is 1.43 bits per heavy atom. The van der Waals surface area contributed by atoms with Crippen molar-refractivity contribution in [3.05, 3.63) is 42.5 Å². The van der Waals surface area contributed by atoms with Gasteiger partial charge in [0.25, 0.3) is 0 Å². The zero-order valence-corrected chi connectivity index (χ0v) is 11.2. The van der Waals surface area contributed by atoms with Crippen molar-refractivity contribution in [3.8, 4) is 0 Å². The third-order valence-electron chi connectivity index (χ3n) is 3.51. The Kier molecular flexibility index (Phi) is 3.39. The highest BCUT2D eigenvalue weighted by Gasteiger charge is 2.35. The molecule has 1 fully saturated rings. The minimum absolute atomic E-state index is 0.0582. The van der Waals surface area contributed by atoms with E-state index in [1.165, 1.54) is 11.2 Å². The van der Waals surface area contributed by atoms with Crippen molar-refractivity contribution in [3.63, 3.8) is 0 Å². The molecule has 1 saturated heterocycles. The number of anilines is 1. The van der Waals surface area contributed by atoms with Crippen LogP contribution in [0.1, 0.15) is 12.0 Å². The molecular formula is C14H14N4O3. The van der Waals surface area contributed by atoms with Gasteiger partial charge in [0.1, 0.15) is 12.7 Å². The van der Waals surface area contributed by atoms with Crippen LogP contribution in [0.2, 0.25) is 0 Å². The molecule has 1 unspecified atom stereocenters. The lowest BCUT2D eigenvalue weighted by atomic mass is 10.1. The summed E-state index contributed by atoms with van der Waals surface area (Å²) in [6, 6.07) is 7.47. The van der Waals surface area contributed by atoms with E-state index >= 15 is 0 Å². The quantitative estimate of drug-likeness (QED) is 0.896. The Hall–Kier alpha value is -2.70. The number of carboxylic acid groups (broad SMARTS) is 1. The van der Waals surface area contributed by atoms with Gasteiger partial charge < -0.3 is 10.0 Å². The number of hydrogen-bond donors (Lipinski definition) is 1. The summed E-state index contributed by atoms with van der Waals surface area (Å²) >= 11 is 0. The van der Waals surface area contributed by atoms with Crippen LogP contribution in [0.4, 0.5) is 5.69 Å². The van der Waals surface area contributed by atoms with Crippen LogP contribution in [-0.2, 0) is 16.1 Å². The van der Waals surface area contributed by atoms with E-state index in [2.05, 4.69) is 10.1 Å². The third kappa shape index (κ3) is 2.76. The highest BCUT2D eigenvalue weighted by Crippen LogP contribution is 2.26. The van der Waals surface area contributed by atoms with E-state index in [-0.39, 0.29) is 18.9 Å². The van der Waals surface area contributed by atoms with Crippen LogP contribution in [0.5, 0.6) is 0 Å². The summed E-state index contributed by atoms with van der Waals surface area (Å²) in [5.74, 6) is -1.71.